The molecule has 0 heterocycles. The van der Waals surface area contributed by atoms with Crippen molar-refractivity contribution >= 4 is 0 Å². The molecule has 0 amide bonds. The largest absolute Gasteiger partial charge is 0.377 e. The molecule has 0 spiro atoms. The van der Waals surface area contributed by atoms with Gasteiger partial charge in [-0.2, -0.15) is 0 Å². The molecule has 17 heavy (non-hydrogen) atoms. The molecule has 0 aromatic rings. The molecule has 0 rings (SSSR count). The summed E-state index contributed by atoms with van der Waals surface area (Å²) >= 11 is 0. The summed E-state index contributed by atoms with van der Waals surface area (Å²) in [6.45, 7) is 15.9. The molecule has 0 aliphatic heterocycles. The zero-order chi connectivity index (χ0) is 13.3. The van der Waals surface area contributed by atoms with Crippen molar-refractivity contribution in [3.63, 3.8) is 0 Å². The Balaban J connectivity index is 3.68. The smallest absolute Gasteiger partial charge is 0.0707 e. The van der Waals surface area contributed by atoms with Crippen LogP contribution in [0.4, 0.5) is 0 Å². The molecule has 1 N–H and O–H groups in total. The van der Waals surface area contributed by atoms with Gasteiger partial charge in [0.1, 0.15) is 0 Å². The van der Waals surface area contributed by atoms with Gasteiger partial charge in [0.15, 0.2) is 0 Å². The SMILES string of the molecule is CCNC(COCCOC(C)(C)C)C(C)CC. The van der Waals surface area contributed by atoms with Crippen LogP contribution in [-0.2, 0) is 9.47 Å². The standard InChI is InChI=1S/C14H31NO2/c1-7-12(3)13(15-8-2)11-16-9-10-17-14(4,5)6/h12-13,15H,7-11H2,1-6H3. The highest BCUT2D eigenvalue weighted by Crippen LogP contribution is 2.09. The minimum absolute atomic E-state index is 0.0683. The first-order valence-corrected chi connectivity index (χ1v) is 6.85. The Morgan fingerprint density at radius 3 is 2.24 bits per heavy atom. The Kier molecular flexibility index (Phi) is 8.83. The zero-order valence-corrected chi connectivity index (χ0v) is 12.5. The monoisotopic (exact) mass is 245 g/mol. The summed E-state index contributed by atoms with van der Waals surface area (Å²) in [5.74, 6) is 0.651. The van der Waals surface area contributed by atoms with Gasteiger partial charge in [-0.05, 0) is 33.2 Å². The van der Waals surface area contributed by atoms with Gasteiger partial charge < -0.3 is 14.8 Å². The molecule has 0 saturated carbocycles. The molecule has 0 aromatic carbocycles. The Morgan fingerprint density at radius 2 is 1.76 bits per heavy atom. The van der Waals surface area contributed by atoms with Crippen molar-refractivity contribution in [3.05, 3.63) is 0 Å². The van der Waals surface area contributed by atoms with Crippen LogP contribution in [0.2, 0.25) is 0 Å². The molecule has 3 nitrogen and oxygen atoms in total. The second kappa shape index (κ2) is 8.90. The molecular weight excluding hydrogens is 214 g/mol. The van der Waals surface area contributed by atoms with Crippen LogP contribution in [0.1, 0.15) is 48.0 Å². The third-order valence-electron chi connectivity index (χ3n) is 2.86. The van der Waals surface area contributed by atoms with Crippen molar-refractivity contribution in [3.8, 4) is 0 Å². The van der Waals surface area contributed by atoms with Gasteiger partial charge in [0.25, 0.3) is 0 Å². The number of nitrogens with one attached hydrogen (secondary N) is 1. The molecule has 2 atom stereocenters. The maximum absolute atomic E-state index is 5.68. The number of ether oxygens (including phenoxy) is 2. The second-order valence-electron chi connectivity index (χ2n) is 5.59. The van der Waals surface area contributed by atoms with E-state index in [1.807, 2.05) is 0 Å². The average Bonchev–Trinajstić information content (AvgIpc) is 2.24. The quantitative estimate of drug-likeness (QED) is 0.634. The van der Waals surface area contributed by atoms with Crippen molar-refractivity contribution in [2.45, 2.75) is 59.6 Å². The molecule has 0 radical (unpaired) electrons. The summed E-state index contributed by atoms with van der Waals surface area (Å²) in [7, 11) is 0. The number of rotatable bonds is 9. The lowest BCUT2D eigenvalue weighted by molar-refractivity contribution is -0.0389. The van der Waals surface area contributed by atoms with Gasteiger partial charge in [0.2, 0.25) is 0 Å². The fourth-order valence-electron chi connectivity index (χ4n) is 1.59. The van der Waals surface area contributed by atoms with Crippen LogP contribution >= 0.6 is 0 Å². The van der Waals surface area contributed by atoms with E-state index < -0.39 is 0 Å². The Labute approximate surface area is 107 Å². The van der Waals surface area contributed by atoms with Crippen LogP contribution in [0.5, 0.6) is 0 Å². The summed E-state index contributed by atoms with van der Waals surface area (Å²) in [6, 6.07) is 0.458. The summed E-state index contributed by atoms with van der Waals surface area (Å²) < 4.78 is 11.3. The van der Waals surface area contributed by atoms with Crippen LogP contribution < -0.4 is 5.32 Å². The molecular formula is C14H31NO2. The van der Waals surface area contributed by atoms with Gasteiger partial charge in [-0.3, -0.25) is 0 Å². The first-order chi connectivity index (χ1) is 7.90. The Morgan fingerprint density at radius 1 is 1.12 bits per heavy atom. The Hall–Kier alpha value is -0.120. The van der Waals surface area contributed by atoms with Crippen LogP contribution in [0.3, 0.4) is 0 Å². The van der Waals surface area contributed by atoms with Gasteiger partial charge >= 0.3 is 0 Å². The molecule has 0 saturated heterocycles. The second-order valence-corrected chi connectivity index (χ2v) is 5.59. The topological polar surface area (TPSA) is 30.5 Å². The molecule has 3 heteroatoms. The maximum Gasteiger partial charge on any atom is 0.0707 e. The van der Waals surface area contributed by atoms with Crippen LogP contribution in [0.15, 0.2) is 0 Å². The van der Waals surface area contributed by atoms with E-state index in [0.717, 1.165) is 13.2 Å². The summed E-state index contributed by atoms with van der Waals surface area (Å²) in [5, 5.41) is 3.47. The highest BCUT2D eigenvalue weighted by Gasteiger charge is 2.15. The van der Waals surface area contributed by atoms with E-state index in [1.54, 1.807) is 0 Å². The van der Waals surface area contributed by atoms with Crippen LogP contribution in [0, 0.1) is 5.92 Å². The molecule has 2 unspecified atom stereocenters. The fraction of sp³-hybridized carbons (Fsp3) is 1.00. The van der Waals surface area contributed by atoms with Gasteiger partial charge in [-0.15, -0.1) is 0 Å². The zero-order valence-electron chi connectivity index (χ0n) is 12.5. The lowest BCUT2D eigenvalue weighted by Crippen LogP contribution is -2.39. The number of hydrogen-bond acceptors (Lipinski definition) is 3. The van der Waals surface area contributed by atoms with E-state index in [9.17, 15) is 0 Å². The van der Waals surface area contributed by atoms with Crippen molar-refractivity contribution in [1.29, 1.82) is 0 Å². The van der Waals surface area contributed by atoms with Gasteiger partial charge in [0, 0.05) is 6.04 Å². The van der Waals surface area contributed by atoms with E-state index in [0.29, 0.717) is 25.2 Å². The van der Waals surface area contributed by atoms with E-state index in [-0.39, 0.29) is 5.60 Å². The molecule has 0 aliphatic carbocycles. The van der Waals surface area contributed by atoms with Crippen LogP contribution in [-0.4, -0.2) is 38.0 Å². The van der Waals surface area contributed by atoms with Gasteiger partial charge in [-0.25, -0.2) is 0 Å². The normalized spacial score (nSPS) is 15.9. The third kappa shape index (κ3) is 9.57. The predicted octanol–water partition coefficient (Wildman–Crippen LogP) is 2.84. The first kappa shape index (κ1) is 16.9. The summed E-state index contributed by atoms with van der Waals surface area (Å²) in [6.07, 6.45) is 1.18. The fourth-order valence-corrected chi connectivity index (χ4v) is 1.59. The van der Waals surface area contributed by atoms with Crippen molar-refractivity contribution in [1.82, 2.24) is 5.32 Å². The minimum atomic E-state index is -0.0683. The van der Waals surface area contributed by atoms with E-state index in [2.05, 4.69) is 46.9 Å². The average molecular weight is 245 g/mol. The summed E-state index contributed by atoms with van der Waals surface area (Å²) in [5.41, 5.74) is -0.0683. The van der Waals surface area contributed by atoms with Gasteiger partial charge in [0.05, 0.1) is 25.4 Å². The van der Waals surface area contributed by atoms with Gasteiger partial charge in [-0.1, -0.05) is 27.2 Å². The van der Waals surface area contributed by atoms with Crippen molar-refractivity contribution < 1.29 is 9.47 Å². The van der Waals surface area contributed by atoms with E-state index in [4.69, 9.17) is 9.47 Å². The third-order valence-corrected chi connectivity index (χ3v) is 2.86. The molecule has 0 aromatic heterocycles. The molecule has 0 bridgehead atoms. The molecule has 104 valence electrons. The number of likely N-dealkylation sites (N-methyl/N-ethyl adjacent to an activating group) is 1. The van der Waals surface area contributed by atoms with E-state index >= 15 is 0 Å². The minimum Gasteiger partial charge on any atom is -0.377 e. The number of hydrogen-bond donors (Lipinski definition) is 1. The lowest BCUT2D eigenvalue weighted by Gasteiger charge is -2.24. The molecule has 0 aliphatic rings. The van der Waals surface area contributed by atoms with Crippen LogP contribution in [0.25, 0.3) is 0 Å². The maximum atomic E-state index is 5.68. The Bertz CT molecular complexity index is 178. The highest BCUT2D eigenvalue weighted by atomic mass is 16.5. The summed E-state index contributed by atoms with van der Waals surface area (Å²) in [4.78, 5) is 0. The van der Waals surface area contributed by atoms with E-state index in [1.165, 1.54) is 6.42 Å². The molecule has 0 fully saturated rings. The van der Waals surface area contributed by atoms with Crippen molar-refractivity contribution in [2.24, 2.45) is 5.92 Å². The first-order valence-electron chi connectivity index (χ1n) is 6.85. The lowest BCUT2D eigenvalue weighted by atomic mass is 10.00. The van der Waals surface area contributed by atoms with Crippen molar-refractivity contribution in [2.75, 3.05) is 26.4 Å². The highest BCUT2D eigenvalue weighted by molar-refractivity contribution is 4.71. The predicted molar refractivity (Wildman–Crippen MR) is 73.4 cm³/mol.